The summed E-state index contributed by atoms with van der Waals surface area (Å²) in [4.78, 5) is 84.4. The molecule has 5 rings (SSSR count). The van der Waals surface area contributed by atoms with Crippen molar-refractivity contribution in [3.8, 4) is 11.3 Å². The maximum atomic E-state index is 16.1. The average Bonchev–Trinajstić information content (AvgIpc) is 3.87. The van der Waals surface area contributed by atoms with Gasteiger partial charge in [0.05, 0.1) is 18.3 Å². The van der Waals surface area contributed by atoms with Gasteiger partial charge in [0.1, 0.15) is 48.4 Å². The molecule has 2 heterocycles. The number of nitrogens with two attached hydrogens (primary N) is 1. The smallest absolute Gasteiger partial charge is 0.410 e. The van der Waals surface area contributed by atoms with E-state index in [1.54, 1.807) is 48.9 Å². The number of urea groups is 1. The van der Waals surface area contributed by atoms with Crippen LogP contribution in [-0.4, -0.2) is 111 Å². The van der Waals surface area contributed by atoms with Crippen LogP contribution in [-0.2, 0) is 37.1 Å². The molecule has 20 heteroatoms. The van der Waals surface area contributed by atoms with E-state index in [9.17, 15) is 38.3 Å². The Balaban J connectivity index is 1.28. The molecule has 17 nitrogen and oxygen atoms in total. The van der Waals surface area contributed by atoms with Crippen LogP contribution in [0.15, 0.2) is 79.0 Å². The van der Waals surface area contributed by atoms with E-state index in [0.717, 1.165) is 23.8 Å². The Morgan fingerprint density at radius 1 is 0.929 bits per heavy atom. The second-order valence-corrected chi connectivity index (χ2v) is 19.0. The molecule has 0 saturated carbocycles. The van der Waals surface area contributed by atoms with Gasteiger partial charge in [0.25, 0.3) is 5.91 Å². The zero-order chi connectivity index (χ0) is 51.4. The van der Waals surface area contributed by atoms with Crippen molar-refractivity contribution in [3.05, 3.63) is 108 Å². The number of ether oxygens (including phenoxy) is 1. The summed E-state index contributed by atoms with van der Waals surface area (Å²) < 4.78 is 53.1. The van der Waals surface area contributed by atoms with E-state index in [4.69, 9.17) is 15.5 Å². The largest absolute Gasteiger partial charge is 0.445 e. The third kappa shape index (κ3) is 14.8. The molecule has 0 radical (unpaired) electrons. The Labute approximate surface area is 405 Å². The lowest BCUT2D eigenvalue weighted by Gasteiger charge is -2.41. The van der Waals surface area contributed by atoms with Crippen molar-refractivity contribution < 1.29 is 51.8 Å². The first-order valence-corrected chi connectivity index (χ1v) is 23.1. The van der Waals surface area contributed by atoms with Gasteiger partial charge in [0, 0.05) is 56.5 Å². The van der Waals surface area contributed by atoms with E-state index < -0.39 is 89.1 Å². The minimum Gasteiger partial charge on any atom is -0.445 e. The number of halogens is 3. The molecule has 0 aliphatic carbocycles. The summed E-state index contributed by atoms with van der Waals surface area (Å²) in [6.45, 7) is 11.1. The van der Waals surface area contributed by atoms with Crippen molar-refractivity contribution in [3.63, 3.8) is 0 Å². The first-order chi connectivity index (χ1) is 33.0. The maximum absolute atomic E-state index is 16.1. The fraction of sp³-hybridized carbons (Fsp3) is 0.460. The third-order valence-electron chi connectivity index (χ3n) is 11.8. The standard InChI is InChI=1S/C50H64F3N9O8/c1-29(2)42(56-31(4)64)46(66)59-40(14-11-21-55-48(54)68)45(65)57-36-18-15-33(16-19-36)28-70-49(69)61-24-34(39(53)26-61)25-62(47(67)30(3)63)43(50(5,6)7)44-58-41(37-22-35(51)17-20-38(37)52)27-60(44)23-32-12-9-8-10-13-32/h8-10,12-13,15-20,22,27,29-30,34,39-40,42-43,63H,11,14,21,23-26,28H2,1-7H3,(H,56,64)(H,57,65)(H,59,66)(H3,54,55,68)/t30-,34-,39-,40-,42-,43-/m0/s1. The molecule has 6 atom stereocenters. The lowest BCUT2D eigenvalue weighted by Crippen LogP contribution is -2.54. The van der Waals surface area contributed by atoms with Gasteiger partial charge in [-0.3, -0.25) is 19.2 Å². The first-order valence-electron chi connectivity index (χ1n) is 23.1. The summed E-state index contributed by atoms with van der Waals surface area (Å²) in [6, 6.07) is 15.1. The fourth-order valence-electron chi connectivity index (χ4n) is 8.29. The average molecular weight is 976 g/mol. The summed E-state index contributed by atoms with van der Waals surface area (Å²) in [6.07, 6.45) is -1.93. The number of nitrogens with zero attached hydrogens (tertiary/aromatic N) is 4. The maximum Gasteiger partial charge on any atom is 0.410 e. The predicted octanol–water partition coefficient (Wildman–Crippen LogP) is 5.81. The van der Waals surface area contributed by atoms with Gasteiger partial charge in [-0.05, 0) is 72.6 Å². The van der Waals surface area contributed by atoms with E-state index in [1.165, 1.54) is 23.6 Å². The Morgan fingerprint density at radius 2 is 1.61 bits per heavy atom. The summed E-state index contributed by atoms with van der Waals surface area (Å²) in [5, 5.41) is 21.2. The van der Waals surface area contributed by atoms with Crippen LogP contribution in [0.3, 0.4) is 0 Å². The quantitative estimate of drug-likeness (QED) is 0.0586. The number of carbonyl (C=O) groups is 6. The van der Waals surface area contributed by atoms with Gasteiger partial charge < -0.3 is 51.2 Å². The number of hydrogen-bond acceptors (Lipinski definition) is 9. The number of likely N-dealkylation sites (tertiary alicyclic amines) is 1. The van der Waals surface area contributed by atoms with Crippen LogP contribution in [0, 0.1) is 28.9 Å². The zero-order valence-electron chi connectivity index (χ0n) is 40.5. The summed E-state index contributed by atoms with van der Waals surface area (Å²) in [5.74, 6) is -4.56. The van der Waals surface area contributed by atoms with Crippen LogP contribution in [0.25, 0.3) is 11.3 Å². The number of amides is 7. The predicted molar refractivity (Wildman–Crippen MR) is 255 cm³/mol. The van der Waals surface area contributed by atoms with Crippen LogP contribution in [0.2, 0.25) is 0 Å². The number of anilines is 1. The Hall–Kier alpha value is -6.96. The Kier molecular flexibility index (Phi) is 18.5. The number of aromatic nitrogens is 2. The minimum absolute atomic E-state index is 0.0951. The van der Waals surface area contributed by atoms with Crippen molar-refractivity contribution in [1.29, 1.82) is 0 Å². The number of alkyl halides is 1. The molecule has 1 aliphatic rings. The van der Waals surface area contributed by atoms with E-state index >= 15 is 8.78 Å². The van der Waals surface area contributed by atoms with Crippen LogP contribution < -0.4 is 27.0 Å². The van der Waals surface area contributed by atoms with Crippen LogP contribution in [0.1, 0.15) is 84.3 Å². The summed E-state index contributed by atoms with van der Waals surface area (Å²) >= 11 is 0. The van der Waals surface area contributed by atoms with Crippen molar-refractivity contribution in [2.45, 2.75) is 105 Å². The van der Waals surface area contributed by atoms with Crippen molar-refractivity contribution >= 4 is 41.4 Å². The SMILES string of the molecule is CC(=O)N[C@H](C(=O)N[C@@H](CCCNC(N)=O)C(=O)Nc1ccc(COC(=O)N2C[C@@H](CN(C(=O)[C@H](C)O)[C@@H](c3nc(-c4cc(F)ccc4F)cn3Cc3ccccc3)C(C)(C)C)[C@@H](F)C2)cc1)C(C)C. The van der Waals surface area contributed by atoms with Gasteiger partial charge in [0.2, 0.25) is 17.7 Å². The highest BCUT2D eigenvalue weighted by Crippen LogP contribution is 2.41. The number of nitrogens with one attached hydrogen (secondary N) is 4. The van der Waals surface area contributed by atoms with Gasteiger partial charge in [-0.25, -0.2) is 27.7 Å². The molecule has 0 bridgehead atoms. The number of aliphatic hydroxyl groups excluding tert-OH is 1. The molecule has 1 aliphatic heterocycles. The van der Waals surface area contributed by atoms with Gasteiger partial charge in [-0.1, -0.05) is 77.1 Å². The van der Waals surface area contributed by atoms with E-state index in [-0.39, 0.29) is 62.9 Å². The van der Waals surface area contributed by atoms with Crippen molar-refractivity contribution in [1.82, 2.24) is 35.3 Å². The number of benzene rings is 3. The van der Waals surface area contributed by atoms with E-state index in [1.807, 2.05) is 51.1 Å². The summed E-state index contributed by atoms with van der Waals surface area (Å²) in [5.41, 5.74) is 6.08. The zero-order valence-corrected chi connectivity index (χ0v) is 40.5. The molecular formula is C50H64F3N9O8. The molecule has 4 aromatic rings. The second kappa shape index (κ2) is 24.0. The van der Waals surface area contributed by atoms with Gasteiger partial charge in [0.15, 0.2) is 0 Å². The fourth-order valence-corrected chi connectivity index (χ4v) is 8.29. The molecule has 0 unspecified atom stereocenters. The molecule has 1 aromatic heterocycles. The summed E-state index contributed by atoms with van der Waals surface area (Å²) in [7, 11) is 0. The molecule has 0 spiro atoms. The van der Waals surface area contributed by atoms with Gasteiger partial charge >= 0.3 is 12.1 Å². The molecule has 1 saturated heterocycles. The minimum atomic E-state index is -1.60. The van der Waals surface area contributed by atoms with Gasteiger partial charge in [-0.15, -0.1) is 0 Å². The highest BCUT2D eigenvalue weighted by molar-refractivity contribution is 5.98. The molecule has 1 fully saturated rings. The lowest BCUT2D eigenvalue weighted by molar-refractivity contribution is -0.146. The van der Waals surface area contributed by atoms with Crippen molar-refractivity contribution in [2.24, 2.45) is 23.0 Å². The molecule has 70 heavy (non-hydrogen) atoms. The highest BCUT2D eigenvalue weighted by atomic mass is 19.1. The topological polar surface area (TPSA) is 230 Å². The van der Waals surface area contributed by atoms with E-state index in [0.29, 0.717) is 23.5 Å². The van der Waals surface area contributed by atoms with Crippen LogP contribution >= 0.6 is 0 Å². The lowest BCUT2D eigenvalue weighted by atomic mass is 9.84. The molecular weight excluding hydrogens is 912 g/mol. The van der Waals surface area contributed by atoms with Crippen LogP contribution in [0.4, 0.5) is 28.4 Å². The second-order valence-electron chi connectivity index (χ2n) is 19.0. The number of imidazole rings is 1. The molecule has 7 amide bonds. The Morgan fingerprint density at radius 3 is 2.23 bits per heavy atom. The highest BCUT2D eigenvalue weighted by Gasteiger charge is 2.44. The monoisotopic (exact) mass is 975 g/mol. The molecule has 378 valence electrons. The number of aliphatic hydroxyl groups is 1. The molecule has 3 aromatic carbocycles. The van der Waals surface area contributed by atoms with Gasteiger partial charge in [-0.2, -0.15) is 0 Å². The molecule has 7 N–H and O–H groups in total. The number of rotatable bonds is 20. The van der Waals surface area contributed by atoms with Crippen LogP contribution in [0.5, 0.6) is 0 Å². The van der Waals surface area contributed by atoms with E-state index in [2.05, 4.69) is 21.3 Å². The normalized spacial score (nSPS) is 16.4. The number of carbonyl (C=O) groups excluding carboxylic acids is 6. The van der Waals surface area contributed by atoms with Crippen molar-refractivity contribution in [2.75, 3.05) is 31.5 Å². The Bertz CT molecular complexity index is 2460. The number of hydrogen-bond donors (Lipinski definition) is 6. The third-order valence-corrected chi connectivity index (χ3v) is 11.8. The number of primary amides is 1. The first kappa shape index (κ1) is 54.0.